The highest BCUT2D eigenvalue weighted by molar-refractivity contribution is 7.00. The van der Waals surface area contributed by atoms with Crippen molar-refractivity contribution >= 4 is 79.0 Å². The summed E-state index contributed by atoms with van der Waals surface area (Å²) in [5.41, 5.74) is 42.9. The maximum Gasteiger partial charge on any atom is 0.252 e. The average Bonchev–Trinajstić information content (AvgIpc) is 1.66. The number of fused-ring (bicyclic) bond motifs is 10. The second-order valence-electron chi connectivity index (χ2n) is 47.5. The molecular formula is C127H132BN3. The fraction of sp³-hybridized carbons (Fsp3) is 0.291. The van der Waals surface area contributed by atoms with Gasteiger partial charge in [-0.05, 0) is 255 Å². The summed E-state index contributed by atoms with van der Waals surface area (Å²) in [4.78, 5) is 5.63. The normalized spacial score (nSPS) is 14.1. The molecule has 0 saturated heterocycles. The Bertz CT molecular complexity index is 6960. The van der Waals surface area contributed by atoms with E-state index in [4.69, 9.17) is 0 Å². The summed E-state index contributed by atoms with van der Waals surface area (Å²) >= 11 is 0. The van der Waals surface area contributed by atoms with Crippen LogP contribution in [0.5, 0.6) is 0 Å². The van der Waals surface area contributed by atoms with E-state index in [0.29, 0.717) is 0 Å². The number of anilines is 6. The summed E-state index contributed by atoms with van der Waals surface area (Å²) in [6.45, 7) is 63.8. The molecule has 1 aromatic heterocycles. The van der Waals surface area contributed by atoms with Gasteiger partial charge in [0.1, 0.15) is 0 Å². The predicted octanol–water partition coefficient (Wildman–Crippen LogP) is 33.2. The van der Waals surface area contributed by atoms with Crippen LogP contribution in [-0.4, -0.2) is 11.3 Å². The molecule has 15 aromatic carbocycles. The molecule has 3 aliphatic rings. The first-order valence-corrected chi connectivity index (χ1v) is 48.0. The molecule has 2 aliphatic heterocycles. The van der Waals surface area contributed by atoms with Gasteiger partial charge in [0.05, 0.1) is 27.8 Å². The molecule has 19 rings (SSSR count). The molecule has 3 heterocycles. The highest BCUT2D eigenvalue weighted by Gasteiger charge is 2.50. The van der Waals surface area contributed by atoms with E-state index in [1.807, 2.05) is 0 Å². The summed E-state index contributed by atoms with van der Waals surface area (Å²) in [5.74, 6) is 0. The Morgan fingerprint density at radius 2 is 0.557 bits per heavy atom. The molecule has 0 amide bonds. The van der Waals surface area contributed by atoms with Crippen LogP contribution in [0.1, 0.15) is 259 Å². The molecule has 0 N–H and O–H groups in total. The second-order valence-corrected chi connectivity index (χ2v) is 47.5. The average molecular weight is 1710 g/mol. The largest absolute Gasteiger partial charge is 0.310 e. The third-order valence-corrected chi connectivity index (χ3v) is 29.1. The van der Waals surface area contributed by atoms with E-state index in [1.165, 1.54) is 161 Å². The van der Waals surface area contributed by atoms with Gasteiger partial charge in [-0.1, -0.05) is 424 Å². The van der Waals surface area contributed by atoms with Crippen LogP contribution >= 0.6 is 0 Å². The maximum atomic E-state index is 2.82. The zero-order valence-electron chi connectivity index (χ0n) is 82.9. The van der Waals surface area contributed by atoms with Gasteiger partial charge in [0, 0.05) is 61.5 Å². The summed E-state index contributed by atoms with van der Waals surface area (Å²) in [7, 11) is 0. The van der Waals surface area contributed by atoms with Gasteiger partial charge in [-0.15, -0.1) is 0 Å². The van der Waals surface area contributed by atoms with Gasteiger partial charge in [0.2, 0.25) is 0 Å². The smallest absolute Gasteiger partial charge is 0.252 e. The number of aromatic nitrogens is 1. The van der Waals surface area contributed by atoms with Crippen LogP contribution in [0.25, 0.3) is 94.3 Å². The van der Waals surface area contributed by atoms with Crippen molar-refractivity contribution in [3.8, 4) is 72.4 Å². The molecule has 16 aromatic rings. The fourth-order valence-corrected chi connectivity index (χ4v) is 21.1. The summed E-state index contributed by atoms with van der Waals surface area (Å²) in [6.07, 6.45) is 0. The molecule has 4 heteroatoms. The number of nitrogens with zero attached hydrogens (tertiary/aromatic N) is 3. The predicted molar refractivity (Wildman–Crippen MR) is 568 cm³/mol. The standard InChI is InChI=1S/C127H132BN3/c1-118(2,3)85-55-46-79(47-56-85)99-70-93(124(19,20)21)71-100(80-48-57-86(58-49-80)119(4,5)6)116(99)130-111-68-83(84-66-91(122(13,14)15)69-92(67-84)123(16,17)18)54-64-107(111)128-108-65-63-96(129-109-45-37-35-43-98(109)104-77-103-97-42-34-36-44-105(97)127(106(103)78-110(104)129,89-38-30-28-31-39-89)90-40-32-29-33-41-90)76-112(108)131(114-75-95(126(25,26)27)74-113(130)115(114)128)117-101(81-50-59-87(60-51-81)120(7,8)9)72-94(125(22,23)24)73-102(117)82-52-61-88(62-53-82)121(10,11)12/h28-78H,1-27H3. The van der Waals surface area contributed by atoms with E-state index in [9.17, 15) is 0 Å². The molecule has 131 heavy (non-hydrogen) atoms. The Labute approximate surface area is 783 Å². The van der Waals surface area contributed by atoms with Gasteiger partial charge >= 0.3 is 0 Å². The lowest BCUT2D eigenvalue weighted by molar-refractivity contribution is 0.569. The van der Waals surface area contributed by atoms with Gasteiger partial charge in [0.15, 0.2) is 0 Å². The van der Waals surface area contributed by atoms with Crippen LogP contribution in [0.4, 0.5) is 34.1 Å². The van der Waals surface area contributed by atoms with Crippen LogP contribution in [0.15, 0.2) is 309 Å². The number of hydrogen-bond acceptors (Lipinski definition) is 2. The maximum absolute atomic E-state index is 2.82. The van der Waals surface area contributed by atoms with E-state index in [-0.39, 0.29) is 50.0 Å². The van der Waals surface area contributed by atoms with Crippen molar-refractivity contribution in [2.24, 2.45) is 0 Å². The lowest BCUT2D eigenvalue weighted by Crippen LogP contribution is -2.61. The number of para-hydroxylation sites is 1. The Morgan fingerprint density at radius 1 is 0.214 bits per heavy atom. The van der Waals surface area contributed by atoms with E-state index in [1.54, 1.807) is 0 Å². The molecule has 3 nitrogen and oxygen atoms in total. The lowest BCUT2D eigenvalue weighted by Gasteiger charge is -2.47. The van der Waals surface area contributed by atoms with Crippen LogP contribution in [0.2, 0.25) is 0 Å². The number of hydrogen-bond donors (Lipinski definition) is 0. The molecule has 0 atom stereocenters. The van der Waals surface area contributed by atoms with E-state index in [2.05, 4.69) is 511 Å². The molecule has 1 aliphatic carbocycles. The highest BCUT2D eigenvalue weighted by atomic mass is 15.2. The molecule has 0 spiro atoms. The van der Waals surface area contributed by atoms with Gasteiger partial charge in [-0.2, -0.15) is 0 Å². The molecule has 0 radical (unpaired) electrons. The van der Waals surface area contributed by atoms with Crippen molar-refractivity contribution in [2.75, 3.05) is 9.80 Å². The zero-order valence-corrected chi connectivity index (χ0v) is 82.9. The molecule has 0 bridgehead atoms. The van der Waals surface area contributed by atoms with Crippen molar-refractivity contribution in [2.45, 2.75) is 241 Å². The van der Waals surface area contributed by atoms with Gasteiger partial charge in [0.25, 0.3) is 6.71 Å². The summed E-state index contributed by atoms with van der Waals surface area (Å²) < 4.78 is 2.63. The minimum Gasteiger partial charge on any atom is -0.310 e. The van der Waals surface area contributed by atoms with Gasteiger partial charge in [-0.3, -0.25) is 0 Å². The second kappa shape index (κ2) is 31.0. The number of rotatable bonds is 10. The number of benzene rings is 15. The van der Waals surface area contributed by atoms with Crippen LogP contribution < -0.4 is 26.2 Å². The molecule has 0 unspecified atom stereocenters. The molecular weight excluding hydrogens is 1580 g/mol. The Morgan fingerprint density at radius 3 is 0.962 bits per heavy atom. The lowest BCUT2D eigenvalue weighted by atomic mass is 9.33. The van der Waals surface area contributed by atoms with E-state index >= 15 is 0 Å². The third kappa shape index (κ3) is 15.2. The fourth-order valence-electron chi connectivity index (χ4n) is 21.1. The van der Waals surface area contributed by atoms with Crippen LogP contribution in [0.3, 0.4) is 0 Å². The van der Waals surface area contributed by atoms with Crippen molar-refractivity contribution < 1.29 is 0 Å². The minimum absolute atomic E-state index is 0.0776. The molecule has 0 fully saturated rings. The third-order valence-electron chi connectivity index (χ3n) is 29.1. The Kier molecular flexibility index (Phi) is 20.8. The van der Waals surface area contributed by atoms with Crippen molar-refractivity contribution in [1.82, 2.24) is 4.57 Å². The van der Waals surface area contributed by atoms with Gasteiger partial charge in [-0.25, -0.2) is 0 Å². The molecule has 0 saturated carbocycles. The SMILES string of the molecule is CC(C)(C)c1ccc(-c2cc(C(C)(C)C)cc(-c3ccc(C(C)(C)C)cc3)c2N2c3cc(-c4cc(C(C)(C)C)cc(C(C)(C)C)c4)ccc3B3c4ccc(-n5c6ccccc6c6cc7c(cc65)C(c5ccccc5)(c5ccccc5)c5ccccc5-7)cc4N(c4c(-c5ccc(C(C)(C)C)cc5)cc(C(C)(C)C)cc4-c4ccc(C(C)(C)C)cc4)c4cc(C(C)(C)C)cc2c43)cc1. The first-order valence-electron chi connectivity index (χ1n) is 48.0. The first kappa shape index (κ1) is 88.1. The minimum atomic E-state index is -0.638. The van der Waals surface area contributed by atoms with Gasteiger partial charge < -0.3 is 14.4 Å². The van der Waals surface area contributed by atoms with E-state index < -0.39 is 10.8 Å². The highest BCUT2D eigenvalue weighted by Crippen LogP contribution is 2.60. The Hall–Kier alpha value is -12.2. The van der Waals surface area contributed by atoms with Crippen LogP contribution in [0, 0.1) is 0 Å². The Balaban J connectivity index is 1.01. The van der Waals surface area contributed by atoms with Crippen molar-refractivity contribution in [3.63, 3.8) is 0 Å². The van der Waals surface area contributed by atoms with E-state index in [0.717, 1.165) is 56.3 Å². The van der Waals surface area contributed by atoms with Crippen molar-refractivity contribution in [3.05, 3.63) is 382 Å². The summed E-state index contributed by atoms with van der Waals surface area (Å²) in [5, 5.41) is 2.43. The quantitative estimate of drug-likeness (QED) is 0.126. The summed E-state index contributed by atoms with van der Waals surface area (Å²) in [6, 6.07) is 123. The first-order chi connectivity index (χ1) is 61.6. The van der Waals surface area contributed by atoms with Crippen molar-refractivity contribution in [1.29, 1.82) is 0 Å². The van der Waals surface area contributed by atoms with Crippen LogP contribution in [-0.2, 0) is 54.1 Å². The molecule has 658 valence electrons. The zero-order chi connectivity index (χ0) is 92.9. The monoisotopic (exact) mass is 1710 g/mol. The topological polar surface area (TPSA) is 11.4 Å².